The van der Waals surface area contributed by atoms with Gasteiger partial charge in [-0.25, -0.2) is 15.0 Å². The molecule has 21 rings (SSSR count). The van der Waals surface area contributed by atoms with E-state index in [0.29, 0.717) is 66.9 Å². The van der Waals surface area contributed by atoms with Crippen molar-refractivity contribution >= 4 is 106 Å². The summed E-state index contributed by atoms with van der Waals surface area (Å²) in [6, 6.07) is 86.3. The summed E-state index contributed by atoms with van der Waals surface area (Å²) in [5.74, 6) is -1.79. The van der Waals surface area contributed by atoms with Gasteiger partial charge in [-0.3, -0.25) is 0 Å². The van der Waals surface area contributed by atoms with Crippen LogP contribution in [0.4, 0.5) is 0 Å². The summed E-state index contributed by atoms with van der Waals surface area (Å²) in [4.78, 5) is 39.9. The predicted molar refractivity (Wildman–Crippen MR) is 582 cm³/mol. The van der Waals surface area contributed by atoms with Crippen molar-refractivity contribution in [3.05, 3.63) is 360 Å². The maximum Gasteiger partial charge on any atom is 0.216 e. The third-order valence-electron chi connectivity index (χ3n) is 24.0. The topological polar surface area (TPSA) is 155 Å². The molecular weight excluding hydrogens is 2310 g/mol. The molecular formula is C123H129Ir3N9O3Si3-6. The molecule has 0 saturated heterocycles. The molecule has 2 aliphatic rings. The van der Waals surface area contributed by atoms with Gasteiger partial charge in [-0.05, 0) is 202 Å². The molecule has 1 saturated carbocycles. The molecule has 7 aromatic carbocycles. The molecule has 12 heterocycles. The average molecular weight is 2460 g/mol. The molecule has 2 aliphatic carbocycles. The van der Waals surface area contributed by atoms with Crippen molar-refractivity contribution in [2.75, 3.05) is 0 Å². The second-order valence-electron chi connectivity index (χ2n) is 39.6. The first-order valence-electron chi connectivity index (χ1n) is 56.5. The minimum atomic E-state index is -3.16. The first kappa shape index (κ1) is 83.4. The Kier molecular flexibility index (Phi) is 28.0. The van der Waals surface area contributed by atoms with Gasteiger partial charge in [0.1, 0.15) is 0 Å². The number of rotatable bonds is 17. The molecule has 729 valence electrons. The Balaban J connectivity index is 0.000000160. The minimum Gasteiger partial charge on any atom is -0.486 e. The summed E-state index contributed by atoms with van der Waals surface area (Å²) in [7, 11) is -4.97. The zero-order chi connectivity index (χ0) is 114. The number of hydrogen-bond donors (Lipinski definition) is 0. The quantitative estimate of drug-likeness (QED) is 0.0629. The number of nitrogens with zero attached hydrogens (tertiary/aromatic N) is 9. The normalized spacial score (nSPS) is 16.6. The van der Waals surface area contributed by atoms with Crippen LogP contribution in [0, 0.1) is 62.0 Å². The second kappa shape index (κ2) is 47.4. The van der Waals surface area contributed by atoms with Gasteiger partial charge in [-0.15, -0.1) is 173 Å². The molecule has 12 nitrogen and oxygen atoms in total. The first-order valence-corrected chi connectivity index (χ1v) is 57.5. The standard InChI is InChI=1S/C26H27N2O.C21H17N2O.C21H22NSi.C21H30NSi.C18H24NSi.C16H9N2O.3Ir/c1-16(2)23-15-27-24(14-20(23)12-18-6-4-5-7-18)19-9-11-25-22(13-19)21-10-8-17(3)28-26(21)29-25;1-13-6-8-17-18-12-15(7-9-19(18)24-21(17)23-13)20-16-5-3-2-4-14(16)10-11-22-20;1-23(2,3)21-16-22-20(18-12-8-5-9-13-18)15-19(21)14-17-10-6-4-7-11-17;1-15(2)18-13-19(22-14-20(18)23(6,7)8)16-10-9-11-17(12-16)21(3,4)5;1-14(2)11-16-12-17(15-9-7-6-8-10-15)19-13-18(16)20(3,4)5;1-2-9-17-14(8-1)13-6-3-5-11-12-7-4-10-18-16(12)19-15(11)13;;;/h8,10-11,13-16,18H,4-7,12H2,1-3H3;6,8-12H,2-5H2,1H3;4-12,15-16H,14H2,1-3H3;9,11-15H,1-8H3;6-9,12-14H,11H2,1-5H3;1-5,7-10H;;;/q6*-1;;;/i3D3,12D2,16D;2D2,3D2,4D2,5D2;14D2;15D;11D2;;;;. The molecule has 19 aromatic rings. The molecule has 0 atom stereocenters. The van der Waals surface area contributed by atoms with Gasteiger partial charge in [0.15, 0.2) is 0 Å². The van der Waals surface area contributed by atoms with Crippen molar-refractivity contribution in [1.29, 1.82) is 0 Å². The Labute approximate surface area is 905 Å². The Morgan fingerprint density at radius 1 is 0.440 bits per heavy atom. The Morgan fingerprint density at radius 3 is 1.59 bits per heavy atom. The zero-order valence-electron chi connectivity index (χ0n) is 102. The summed E-state index contributed by atoms with van der Waals surface area (Å²) in [6.45, 7) is 37.8. The number of pyridine rings is 9. The van der Waals surface area contributed by atoms with Gasteiger partial charge in [0.25, 0.3) is 0 Å². The van der Waals surface area contributed by atoms with Crippen LogP contribution in [0.5, 0.6) is 0 Å². The number of aromatic nitrogens is 9. The Morgan fingerprint density at radius 2 is 0.979 bits per heavy atom. The fourth-order valence-corrected chi connectivity index (χ4v) is 21.1. The molecule has 0 aliphatic heterocycles. The Bertz CT molecular complexity index is 8440. The fourth-order valence-electron chi connectivity index (χ4n) is 16.8. The zero-order valence-corrected chi connectivity index (χ0v) is 93.2. The maximum atomic E-state index is 9.01. The first-order chi connectivity index (χ1) is 73.3. The molecule has 3 radical (unpaired) electrons. The molecule has 141 heavy (non-hydrogen) atoms. The van der Waals surface area contributed by atoms with Gasteiger partial charge < -0.3 is 43.2 Å². The van der Waals surface area contributed by atoms with E-state index in [-0.39, 0.29) is 106 Å². The van der Waals surface area contributed by atoms with Gasteiger partial charge in [-0.1, -0.05) is 263 Å². The third kappa shape index (κ3) is 26.5. The van der Waals surface area contributed by atoms with Crippen molar-refractivity contribution in [3.8, 4) is 67.5 Å². The van der Waals surface area contributed by atoms with Gasteiger partial charge in [-0.2, -0.15) is 0 Å². The monoisotopic (exact) mass is 2460 g/mol. The van der Waals surface area contributed by atoms with Gasteiger partial charge in [0, 0.05) is 157 Å². The van der Waals surface area contributed by atoms with Crippen molar-refractivity contribution in [3.63, 3.8) is 0 Å². The maximum absolute atomic E-state index is 9.01. The third-order valence-corrected chi connectivity index (χ3v) is 30.0. The largest absolute Gasteiger partial charge is 0.486 e. The van der Waals surface area contributed by atoms with Crippen LogP contribution in [-0.2, 0) is 97.6 Å². The average Bonchev–Trinajstić information content (AvgIpc) is 0.758. The van der Waals surface area contributed by atoms with E-state index in [1.165, 1.54) is 29.1 Å². The van der Waals surface area contributed by atoms with Crippen LogP contribution < -0.4 is 15.6 Å². The number of fused-ring (bicyclic) bond motifs is 10. The summed E-state index contributed by atoms with van der Waals surface area (Å²) in [5.41, 5.74) is 17.7. The molecule has 0 bridgehead atoms. The van der Waals surface area contributed by atoms with Gasteiger partial charge in [0.05, 0.1) is 41.0 Å². The summed E-state index contributed by atoms with van der Waals surface area (Å²) in [5, 5.41) is 8.35. The van der Waals surface area contributed by atoms with Crippen molar-refractivity contribution < 1.29 is 99.6 Å². The number of hydrogen-bond acceptors (Lipinski definition) is 12. The van der Waals surface area contributed by atoms with E-state index in [1.54, 1.807) is 62.8 Å². The Hall–Kier alpha value is -11.1. The van der Waals surface area contributed by atoms with Crippen molar-refractivity contribution in [2.45, 2.75) is 223 Å². The predicted octanol–water partition coefficient (Wildman–Crippen LogP) is 30.4. The van der Waals surface area contributed by atoms with E-state index in [1.807, 2.05) is 211 Å². The molecule has 12 aromatic heterocycles. The van der Waals surface area contributed by atoms with Crippen LogP contribution in [0.25, 0.3) is 134 Å². The fraction of sp³-hybridized carbons (Fsp3) is 0.293. The van der Waals surface area contributed by atoms with Crippen LogP contribution in [0.2, 0.25) is 58.9 Å². The van der Waals surface area contributed by atoms with Crippen LogP contribution in [0.3, 0.4) is 0 Å². The minimum absolute atomic E-state index is 0. The van der Waals surface area contributed by atoms with Crippen LogP contribution >= 0.6 is 0 Å². The van der Waals surface area contributed by atoms with E-state index in [9.17, 15) is 0 Å². The van der Waals surface area contributed by atoms with Crippen LogP contribution in [0.1, 0.15) is 200 Å². The molecule has 0 amide bonds. The second-order valence-corrected chi connectivity index (χ2v) is 54.7. The van der Waals surface area contributed by atoms with Gasteiger partial charge in [0.2, 0.25) is 17.1 Å². The van der Waals surface area contributed by atoms with E-state index in [2.05, 4.69) is 174 Å². The molecule has 0 N–H and O–H groups in total. The van der Waals surface area contributed by atoms with Crippen molar-refractivity contribution in [2.24, 2.45) is 11.8 Å². The number of aryl methyl sites for hydroxylation is 3. The van der Waals surface area contributed by atoms with E-state index in [4.69, 9.17) is 44.3 Å². The molecule has 0 spiro atoms. The van der Waals surface area contributed by atoms with E-state index >= 15 is 0 Å². The molecule has 18 heteroatoms. The molecule has 0 unspecified atom stereocenters. The molecule has 1 fully saturated rings. The van der Waals surface area contributed by atoms with E-state index in [0.717, 1.165) is 131 Å². The van der Waals surface area contributed by atoms with Gasteiger partial charge >= 0.3 is 0 Å². The van der Waals surface area contributed by atoms with Crippen LogP contribution in [-0.4, -0.2) is 69.1 Å². The number of furan rings is 3. The summed E-state index contributed by atoms with van der Waals surface area (Å²) >= 11 is 0. The SMILES string of the molecule is [2H]C(C)(C)c1cc(-c2[c-]ccc(C(C)(C)C)c2)ncc1[Si](C)(C)C.[2H]C([2H])([2H])c1ccc2c(n1)oc1c[c-]c(-c3cc(C([2H])([2H])C4CCCC4)c(C([2H])(C)C)cn3)cc12.[2H]C([2H])(c1cc(-c2[c-]cccc2)ncc1[Si](C)(C)C)C(C)C.[2H]C([2H])(c1ccccc1)c1cc(-c2[c-]cccc2)ncc1[Si](C)(C)C.[2H]C1([2H])c2ccnc(-c3[c-]cc4oc5nc(C)ccc5c4c3)c2C([2H])([2H])C([2H])([2H])C1([2H])[2H].[Ir].[Ir].[Ir].[c-]1ccc2c(oc3ncccc32)c1-c1ccccn1. The smallest absolute Gasteiger partial charge is 0.216 e. The summed E-state index contributed by atoms with van der Waals surface area (Å²) < 4.78 is 177. The number of benzene rings is 7. The van der Waals surface area contributed by atoms with E-state index < -0.39 is 87.5 Å². The van der Waals surface area contributed by atoms with Crippen LogP contribution in [0.15, 0.2) is 275 Å². The van der Waals surface area contributed by atoms with Crippen molar-refractivity contribution in [1.82, 2.24) is 44.9 Å². The summed E-state index contributed by atoms with van der Waals surface area (Å²) in [6.07, 6.45) is -0.530.